The van der Waals surface area contributed by atoms with Crippen molar-refractivity contribution in [3.63, 3.8) is 0 Å². The van der Waals surface area contributed by atoms with Crippen LogP contribution in [0, 0.1) is 0 Å². The predicted molar refractivity (Wildman–Crippen MR) is 94.2 cm³/mol. The summed E-state index contributed by atoms with van der Waals surface area (Å²) in [6.07, 6.45) is 7.93. The maximum Gasteiger partial charge on any atom is 0.379 e. The molecular weight excluding hydrogens is 319 g/mol. The molecule has 3 nitrogen and oxygen atoms in total. The molecule has 0 radical (unpaired) electrons. The average Bonchev–Trinajstić information content (AvgIpc) is 2.49. The van der Waals surface area contributed by atoms with Crippen molar-refractivity contribution in [2.45, 2.75) is 58.8 Å². The minimum atomic E-state index is -3.09. The summed E-state index contributed by atoms with van der Waals surface area (Å²) in [6, 6.07) is 6.98. The molecule has 0 fully saturated rings. The Morgan fingerprint density at radius 3 is 2.45 bits per heavy atom. The second-order valence-electron chi connectivity index (χ2n) is 5.48. The molecule has 1 unspecified atom stereocenters. The normalized spacial score (nSPS) is 13.8. The SMILES string of the molecule is CCCCCCCOP(=O)(CCCC)Oc1cccc(Cl)c1. The molecule has 1 atom stereocenters. The van der Waals surface area contributed by atoms with E-state index in [9.17, 15) is 4.57 Å². The van der Waals surface area contributed by atoms with Crippen LogP contribution >= 0.6 is 19.2 Å². The van der Waals surface area contributed by atoms with Crippen LogP contribution in [0.2, 0.25) is 5.02 Å². The van der Waals surface area contributed by atoms with Gasteiger partial charge in [-0.05, 0) is 31.0 Å². The highest BCUT2D eigenvalue weighted by atomic mass is 35.5. The van der Waals surface area contributed by atoms with Crippen LogP contribution in [-0.2, 0) is 9.09 Å². The number of rotatable bonds is 12. The summed E-state index contributed by atoms with van der Waals surface area (Å²) in [5.41, 5.74) is 0. The molecule has 5 heteroatoms. The largest absolute Gasteiger partial charge is 0.424 e. The second-order valence-corrected chi connectivity index (χ2v) is 8.03. The third-order valence-corrected chi connectivity index (χ3v) is 5.53. The molecule has 1 aromatic carbocycles. The minimum Gasteiger partial charge on any atom is -0.424 e. The molecule has 0 saturated heterocycles. The zero-order valence-corrected chi connectivity index (χ0v) is 15.4. The molecule has 22 heavy (non-hydrogen) atoms. The van der Waals surface area contributed by atoms with Gasteiger partial charge in [0.1, 0.15) is 5.75 Å². The fraction of sp³-hybridized carbons (Fsp3) is 0.647. The maximum absolute atomic E-state index is 12.9. The molecule has 0 heterocycles. The van der Waals surface area contributed by atoms with Gasteiger partial charge in [0.15, 0.2) is 0 Å². The Labute approximate surface area is 139 Å². The summed E-state index contributed by atoms with van der Waals surface area (Å²) in [4.78, 5) is 0. The number of halogens is 1. The molecule has 126 valence electrons. The van der Waals surface area contributed by atoms with Crippen molar-refractivity contribution in [1.29, 1.82) is 0 Å². The predicted octanol–water partition coefficient (Wildman–Crippen LogP) is 6.70. The summed E-state index contributed by atoms with van der Waals surface area (Å²) in [6.45, 7) is 4.74. The van der Waals surface area contributed by atoms with Crippen LogP contribution in [0.15, 0.2) is 24.3 Å². The van der Waals surface area contributed by atoms with E-state index < -0.39 is 7.60 Å². The van der Waals surface area contributed by atoms with E-state index in [1.54, 1.807) is 24.3 Å². The van der Waals surface area contributed by atoms with Gasteiger partial charge in [-0.2, -0.15) is 0 Å². The van der Waals surface area contributed by atoms with Crippen LogP contribution in [0.4, 0.5) is 0 Å². The molecule has 0 bridgehead atoms. The number of hydrogen-bond donors (Lipinski definition) is 0. The van der Waals surface area contributed by atoms with Gasteiger partial charge in [-0.3, -0.25) is 4.52 Å². The van der Waals surface area contributed by atoms with Crippen molar-refractivity contribution in [2.75, 3.05) is 12.8 Å². The van der Waals surface area contributed by atoms with Gasteiger partial charge in [0.25, 0.3) is 0 Å². The lowest BCUT2D eigenvalue weighted by atomic mass is 10.2. The minimum absolute atomic E-state index is 0.449. The van der Waals surface area contributed by atoms with Crippen molar-refractivity contribution in [1.82, 2.24) is 0 Å². The lowest BCUT2D eigenvalue weighted by Gasteiger charge is -2.19. The molecule has 0 N–H and O–H groups in total. The van der Waals surface area contributed by atoms with E-state index in [4.69, 9.17) is 20.6 Å². The smallest absolute Gasteiger partial charge is 0.379 e. The van der Waals surface area contributed by atoms with Crippen molar-refractivity contribution in [3.05, 3.63) is 29.3 Å². The van der Waals surface area contributed by atoms with Crippen molar-refractivity contribution < 1.29 is 13.6 Å². The molecule has 1 aromatic rings. The fourth-order valence-electron chi connectivity index (χ4n) is 2.08. The molecule has 0 saturated carbocycles. The first-order chi connectivity index (χ1) is 10.6. The molecule has 0 aliphatic carbocycles. The maximum atomic E-state index is 12.9. The highest BCUT2D eigenvalue weighted by Gasteiger charge is 2.25. The molecule has 0 aliphatic rings. The van der Waals surface area contributed by atoms with Crippen LogP contribution in [0.25, 0.3) is 0 Å². The first-order valence-corrected chi connectivity index (χ1v) is 10.4. The standard InChI is InChI=1S/C17H28ClO3P/c1-3-5-7-8-9-13-20-22(19,14-6-4-2)21-17-12-10-11-16(18)15-17/h10-12,15H,3-9,13-14H2,1-2H3. The van der Waals surface area contributed by atoms with Crippen LogP contribution in [0.1, 0.15) is 58.8 Å². The molecule has 0 aromatic heterocycles. The summed E-state index contributed by atoms with van der Waals surface area (Å²) < 4.78 is 24.2. The van der Waals surface area contributed by atoms with E-state index in [1.165, 1.54) is 19.3 Å². The second kappa shape index (κ2) is 11.1. The zero-order valence-electron chi connectivity index (χ0n) is 13.7. The van der Waals surface area contributed by atoms with Crippen LogP contribution in [-0.4, -0.2) is 12.8 Å². The third-order valence-electron chi connectivity index (χ3n) is 3.36. The Balaban J connectivity index is 2.51. The van der Waals surface area contributed by atoms with E-state index >= 15 is 0 Å². The lowest BCUT2D eigenvalue weighted by Crippen LogP contribution is -2.04. The fourth-order valence-corrected chi connectivity index (χ4v) is 4.08. The Morgan fingerprint density at radius 2 is 1.77 bits per heavy atom. The van der Waals surface area contributed by atoms with Gasteiger partial charge in [-0.15, -0.1) is 0 Å². The van der Waals surface area contributed by atoms with Gasteiger partial charge >= 0.3 is 7.60 Å². The van der Waals surface area contributed by atoms with Crippen LogP contribution in [0.3, 0.4) is 0 Å². The van der Waals surface area contributed by atoms with Crippen molar-refractivity contribution in [2.24, 2.45) is 0 Å². The Morgan fingerprint density at radius 1 is 1.05 bits per heavy atom. The number of benzene rings is 1. The molecule has 1 rings (SSSR count). The van der Waals surface area contributed by atoms with Gasteiger partial charge < -0.3 is 4.52 Å². The summed E-state index contributed by atoms with van der Waals surface area (Å²) in [5.74, 6) is 0.512. The number of unbranched alkanes of at least 4 members (excludes halogenated alkanes) is 5. The van der Waals surface area contributed by atoms with Crippen LogP contribution in [0.5, 0.6) is 5.75 Å². The van der Waals surface area contributed by atoms with Gasteiger partial charge in [0, 0.05) is 5.02 Å². The van der Waals surface area contributed by atoms with Gasteiger partial charge in [-0.1, -0.05) is 63.6 Å². The topological polar surface area (TPSA) is 35.5 Å². The van der Waals surface area contributed by atoms with E-state index in [2.05, 4.69) is 13.8 Å². The molecular formula is C17H28ClO3P. The van der Waals surface area contributed by atoms with Gasteiger partial charge in [0.2, 0.25) is 0 Å². The van der Waals surface area contributed by atoms with Gasteiger partial charge in [-0.25, -0.2) is 4.57 Å². The first-order valence-electron chi connectivity index (χ1n) is 8.28. The van der Waals surface area contributed by atoms with E-state index in [1.807, 2.05) is 0 Å². The van der Waals surface area contributed by atoms with E-state index in [0.717, 1.165) is 25.7 Å². The zero-order chi connectivity index (χ0) is 16.3. The Bertz CT molecular complexity index is 465. The molecule has 0 aliphatic heterocycles. The van der Waals surface area contributed by atoms with Crippen molar-refractivity contribution in [3.8, 4) is 5.75 Å². The summed E-state index contributed by atoms with van der Waals surface area (Å²) >= 11 is 5.94. The molecule has 0 spiro atoms. The lowest BCUT2D eigenvalue weighted by molar-refractivity contribution is 0.257. The van der Waals surface area contributed by atoms with Crippen molar-refractivity contribution >= 4 is 19.2 Å². The molecule has 0 amide bonds. The van der Waals surface area contributed by atoms with Crippen LogP contribution < -0.4 is 4.52 Å². The average molecular weight is 347 g/mol. The first kappa shape index (κ1) is 19.5. The third kappa shape index (κ3) is 8.22. The summed E-state index contributed by atoms with van der Waals surface area (Å²) in [7, 11) is -3.09. The van der Waals surface area contributed by atoms with Gasteiger partial charge in [0.05, 0.1) is 12.8 Å². The number of hydrogen-bond acceptors (Lipinski definition) is 3. The highest BCUT2D eigenvalue weighted by Crippen LogP contribution is 2.49. The monoisotopic (exact) mass is 346 g/mol. The van der Waals surface area contributed by atoms with E-state index in [0.29, 0.717) is 23.5 Å². The highest BCUT2D eigenvalue weighted by molar-refractivity contribution is 7.54. The Hall–Kier alpha value is -0.500. The van der Waals surface area contributed by atoms with E-state index in [-0.39, 0.29) is 0 Å². The summed E-state index contributed by atoms with van der Waals surface area (Å²) in [5, 5.41) is 0.569. The quantitative estimate of drug-likeness (QED) is 0.312. The Kier molecular flexibility index (Phi) is 9.86.